The zero-order valence-corrected chi connectivity index (χ0v) is 12.9. The third kappa shape index (κ3) is 6.28. The number of rotatable bonds is 5. The maximum absolute atomic E-state index is 12.3. The molecule has 0 radical (unpaired) electrons. The average Bonchev–Trinajstić information content (AvgIpc) is 2.40. The van der Waals surface area contributed by atoms with Crippen molar-refractivity contribution >= 4 is 11.8 Å². The predicted molar refractivity (Wildman–Crippen MR) is 80.3 cm³/mol. The Bertz CT molecular complexity index is 428. The highest BCUT2D eigenvalue weighted by Gasteiger charge is 2.29. The van der Waals surface area contributed by atoms with Crippen LogP contribution in [0.1, 0.15) is 24.8 Å². The van der Waals surface area contributed by atoms with E-state index < -0.39 is 5.51 Å². The van der Waals surface area contributed by atoms with Crippen molar-refractivity contribution in [2.45, 2.75) is 42.3 Å². The van der Waals surface area contributed by atoms with Crippen molar-refractivity contribution in [3.63, 3.8) is 0 Å². The molecule has 1 fully saturated rings. The Morgan fingerprint density at radius 1 is 1.24 bits per heavy atom. The molecule has 0 aliphatic carbocycles. The van der Waals surface area contributed by atoms with Crippen LogP contribution in [0.15, 0.2) is 29.2 Å². The van der Waals surface area contributed by atoms with E-state index in [0.717, 1.165) is 25.2 Å². The molecule has 1 heterocycles. The first-order valence-corrected chi connectivity index (χ1v) is 8.01. The molecule has 0 spiro atoms. The van der Waals surface area contributed by atoms with Crippen molar-refractivity contribution in [2.24, 2.45) is 0 Å². The van der Waals surface area contributed by atoms with Gasteiger partial charge < -0.3 is 10.2 Å². The molecule has 1 N–H and O–H groups in total. The van der Waals surface area contributed by atoms with Crippen LogP contribution in [0.3, 0.4) is 0 Å². The molecule has 2 rings (SSSR count). The summed E-state index contributed by atoms with van der Waals surface area (Å²) >= 11 is -0.0668. The molecule has 0 amide bonds. The molecule has 1 atom stereocenters. The Labute approximate surface area is 128 Å². The molecular weight excluding hydrogens is 297 g/mol. The van der Waals surface area contributed by atoms with Gasteiger partial charge in [-0.1, -0.05) is 18.6 Å². The summed E-state index contributed by atoms with van der Waals surface area (Å²) in [5.74, 6) is 0. The summed E-state index contributed by atoms with van der Waals surface area (Å²) in [6.45, 7) is 2.82. The van der Waals surface area contributed by atoms with Crippen molar-refractivity contribution in [2.75, 3.05) is 20.1 Å². The van der Waals surface area contributed by atoms with E-state index in [1.807, 2.05) is 0 Å². The minimum Gasteiger partial charge on any atom is -0.313 e. The molecular formula is C15H21F3N2S. The maximum Gasteiger partial charge on any atom is 0.446 e. The van der Waals surface area contributed by atoms with Crippen molar-refractivity contribution in [3.05, 3.63) is 29.8 Å². The number of benzene rings is 1. The number of thioether (sulfide) groups is 1. The molecule has 1 aromatic carbocycles. The second-order valence-electron chi connectivity index (χ2n) is 5.54. The summed E-state index contributed by atoms with van der Waals surface area (Å²) in [6.07, 6.45) is 3.72. The van der Waals surface area contributed by atoms with Gasteiger partial charge in [-0.25, -0.2) is 0 Å². The summed E-state index contributed by atoms with van der Waals surface area (Å²) in [5, 5.41) is 3.50. The van der Waals surface area contributed by atoms with Gasteiger partial charge in [-0.3, -0.25) is 0 Å². The van der Waals surface area contributed by atoms with Crippen LogP contribution < -0.4 is 5.32 Å². The number of piperidine rings is 1. The van der Waals surface area contributed by atoms with Gasteiger partial charge in [-0.05, 0) is 55.9 Å². The van der Waals surface area contributed by atoms with E-state index in [0.29, 0.717) is 6.04 Å². The van der Waals surface area contributed by atoms with Gasteiger partial charge in [-0.15, -0.1) is 0 Å². The predicted octanol–water partition coefficient (Wildman–Crippen LogP) is 3.87. The molecule has 0 aromatic heterocycles. The molecule has 1 unspecified atom stereocenters. The zero-order valence-electron chi connectivity index (χ0n) is 12.1. The third-order valence-corrected chi connectivity index (χ3v) is 4.29. The van der Waals surface area contributed by atoms with Crippen LogP contribution in [0.4, 0.5) is 13.2 Å². The highest BCUT2D eigenvalue weighted by Crippen LogP contribution is 2.36. The van der Waals surface area contributed by atoms with Crippen LogP contribution >= 0.6 is 11.8 Å². The van der Waals surface area contributed by atoms with E-state index in [-0.39, 0.29) is 16.7 Å². The van der Waals surface area contributed by atoms with E-state index in [2.05, 4.69) is 17.3 Å². The van der Waals surface area contributed by atoms with Crippen LogP contribution in [0, 0.1) is 0 Å². The molecule has 21 heavy (non-hydrogen) atoms. The Hall–Kier alpha value is -0.720. The minimum atomic E-state index is -4.22. The van der Waals surface area contributed by atoms with Gasteiger partial charge in [0, 0.05) is 24.0 Å². The Morgan fingerprint density at radius 3 is 2.52 bits per heavy atom. The minimum absolute atomic E-state index is 0.0668. The normalized spacial score (nSPS) is 20.0. The van der Waals surface area contributed by atoms with E-state index in [4.69, 9.17) is 0 Å². The number of hydrogen-bond donors (Lipinski definition) is 1. The Kier molecular flexibility index (Phi) is 5.96. The molecule has 1 aliphatic heterocycles. The summed E-state index contributed by atoms with van der Waals surface area (Å²) in [7, 11) is 2.05. The first-order valence-electron chi connectivity index (χ1n) is 7.19. The van der Waals surface area contributed by atoms with Crippen molar-refractivity contribution in [3.8, 4) is 0 Å². The first-order chi connectivity index (χ1) is 9.92. The summed E-state index contributed by atoms with van der Waals surface area (Å²) < 4.78 is 36.8. The maximum atomic E-state index is 12.3. The molecule has 1 aliphatic rings. The lowest BCUT2D eigenvalue weighted by atomic mass is 10.0. The molecule has 118 valence electrons. The highest BCUT2D eigenvalue weighted by atomic mass is 32.2. The van der Waals surface area contributed by atoms with Gasteiger partial charge in [0.2, 0.25) is 0 Å². The molecule has 2 nitrogen and oxygen atoms in total. The SMILES string of the molecule is CN(Cc1ccc(SC(F)(F)F)cc1)CC1CCCCN1. The summed E-state index contributed by atoms with van der Waals surface area (Å²) in [6, 6.07) is 7.17. The average molecular weight is 318 g/mol. The van der Waals surface area contributed by atoms with Crippen molar-refractivity contribution in [1.29, 1.82) is 0 Å². The lowest BCUT2D eigenvalue weighted by molar-refractivity contribution is -0.0328. The fraction of sp³-hybridized carbons (Fsp3) is 0.600. The van der Waals surface area contributed by atoms with E-state index in [1.54, 1.807) is 24.3 Å². The Balaban J connectivity index is 1.81. The van der Waals surface area contributed by atoms with Gasteiger partial charge in [0.25, 0.3) is 0 Å². The smallest absolute Gasteiger partial charge is 0.313 e. The number of nitrogens with zero attached hydrogens (tertiary/aromatic N) is 1. The van der Waals surface area contributed by atoms with E-state index >= 15 is 0 Å². The van der Waals surface area contributed by atoms with Crippen LogP contribution in [0.2, 0.25) is 0 Å². The third-order valence-electron chi connectivity index (χ3n) is 3.55. The van der Waals surface area contributed by atoms with E-state index in [1.165, 1.54) is 19.3 Å². The fourth-order valence-corrected chi connectivity index (χ4v) is 3.17. The standard InChI is InChI=1S/C15H21F3N2S/c1-20(11-13-4-2-3-9-19-13)10-12-5-7-14(8-6-12)21-15(16,17)18/h5-8,13,19H,2-4,9-11H2,1H3. The van der Waals surface area contributed by atoms with Crippen LogP contribution in [-0.4, -0.2) is 36.6 Å². The van der Waals surface area contributed by atoms with Gasteiger partial charge >= 0.3 is 5.51 Å². The Morgan fingerprint density at radius 2 is 1.95 bits per heavy atom. The van der Waals surface area contributed by atoms with Gasteiger partial charge in [0.15, 0.2) is 0 Å². The molecule has 6 heteroatoms. The first kappa shape index (κ1) is 16.6. The fourth-order valence-electron chi connectivity index (χ4n) is 2.63. The number of halogens is 3. The largest absolute Gasteiger partial charge is 0.446 e. The topological polar surface area (TPSA) is 15.3 Å². The second kappa shape index (κ2) is 7.51. The quantitative estimate of drug-likeness (QED) is 0.830. The van der Waals surface area contributed by atoms with Gasteiger partial charge in [-0.2, -0.15) is 13.2 Å². The summed E-state index contributed by atoms with van der Waals surface area (Å²) in [4.78, 5) is 2.46. The monoisotopic (exact) mass is 318 g/mol. The molecule has 0 saturated carbocycles. The van der Waals surface area contributed by atoms with Crippen molar-refractivity contribution < 1.29 is 13.2 Å². The number of alkyl halides is 3. The number of likely N-dealkylation sites (N-methyl/N-ethyl adjacent to an activating group) is 1. The molecule has 0 bridgehead atoms. The molecule has 1 saturated heterocycles. The zero-order chi connectivity index (χ0) is 15.3. The molecule has 1 aromatic rings. The van der Waals surface area contributed by atoms with Crippen LogP contribution in [-0.2, 0) is 6.54 Å². The summed E-state index contributed by atoms with van der Waals surface area (Å²) in [5.41, 5.74) is -3.18. The highest BCUT2D eigenvalue weighted by molar-refractivity contribution is 8.00. The lowest BCUT2D eigenvalue weighted by Crippen LogP contribution is -2.42. The number of nitrogens with one attached hydrogen (secondary N) is 1. The van der Waals surface area contributed by atoms with Crippen molar-refractivity contribution in [1.82, 2.24) is 10.2 Å². The van der Waals surface area contributed by atoms with Gasteiger partial charge in [0.1, 0.15) is 0 Å². The number of hydrogen-bond acceptors (Lipinski definition) is 3. The van der Waals surface area contributed by atoms with Gasteiger partial charge in [0.05, 0.1) is 0 Å². The second-order valence-corrected chi connectivity index (χ2v) is 6.67. The van der Waals surface area contributed by atoms with Crippen LogP contribution in [0.5, 0.6) is 0 Å². The van der Waals surface area contributed by atoms with E-state index in [9.17, 15) is 13.2 Å². The lowest BCUT2D eigenvalue weighted by Gasteiger charge is -2.28. The van der Waals surface area contributed by atoms with Crippen LogP contribution in [0.25, 0.3) is 0 Å².